The Labute approximate surface area is 105 Å². The molecule has 0 atom stereocenters. The van der Waals surface area contributed by atoms with Gasteiger partial charge in [0.1, 0.15) is 0 Å². The fraction of sp³-hybridized carbons (Fsp3) is 0.231. The predicted octanol–water partition coefficient (Wildman–Crippen LogP) is 3.32. The maximum Gasteiger partial charge on any atom is 0.161 e. The van der Waals surface area contributed by atoms with Crippen molar-refractivity contribution in [3.63, 3.8) is 0 Å². The van der Waals surface area contributed by atoms with Gasteiger partial charge in [-0.3, -0.25) is 0 Å². The van der Waals surface area contributed by atoms with E-state index in [9.17, 15) is 0 Å². The van der Waals surface area contributed by atoms with Crippen LogP contribution >= 0.6 is 11.3 Å². The maximum absolute atomic E-state index is 5.97. The second-order valence-corrected chi connectivity index (χ2v) is 4.78. The highest BCUT2D eigenvalue weighted by atomic mass is 32.1. The molecule has 0 amide bonds. The largest absolute Gasteiger partial charge is 0.493 e. The number of hydrogen-bond acceptors (Lipinski definition) is 4. The van der Waals surface area contributed by atoms with E-state index in [1.807, 2.05) is 23.6 Å². The number of rotatable bonds is 3. The summed E-state index contributed by atoms with van der Waals surface area (Å²) in [5.74, 6) is 1.44. The Morgan fingerprint density at radius 1 is 1.12 bits per heavy atom. The first-order valence-corrected chi connectivity index (χ1v) is 6.11. The van der Waals surface area contributed by atoms with Gasteiger partial charge in [0.2, 0.25) is 0 Å². The maximum atomic E-state index is 5.97. The highest BCUT2D eigenvalue weighted by Gasteiger charge is 2.11. The zero-order valence-electron chi connectivity index (χ0n) is 10.1. The molecule has 1 heterocycles. The van der Waals surface area contributed by atoms with Crippen LogP contribution in [0.2, 0.25) is 0 Å². The lowest BCUT2D eigenvalue weighted by molar-refractivity contribution is 0.355. The molecule has 3 nitrogen and oxygen atoms in total. The first-order chi connectivity index (χ1) is 8.17. The van der Waals surface area contributed by atoms with Crippen molar-refractivity contribution in [1.82, 2.24) is 0 Å². The molecule has 0 saturated heterocycles. The number of nitrogens with two attached hydrogens (primary N) is 1. The molecule has 1 aromatic carbocycles. The summed E-state index contributed by atoms with van der Waals surface area (Å²) in [4.78, 5) is 1.20. The molecular weight excluding hydrogens is 234 g/mol. The molecule has 0 saturated carbocycles. The minimum absolute atomic E-state index is 0.718. The first kappa shape index (κ1) is 11.8. The number of thiophene rings is 1. The summed E-state index contributed by atoms with van der Waals surface area (Å²) in [5, 5.41) is 1.96. The van der Waals surface area contributed by atoms with Crippen molar-refractivity contribution in [1.29, 1.82) is 0 Å². The van der Waals surface area contributed by atoms with Gasteiger partial charge >= 0.3 is 0 Å². The van der Waals surface area contributed by atoms with Crippen molar-refractivity contribution in [2.24, 2.45) is 0 Å². The molecule has 0 radical (unpaired) electrons. The van der Waals surface area contributed by atoms with Crippen molar-refractivity contribution in [3.05, 3.63) is 28.5 Å². The third kappa shape index (κ3) is 2.08. The number of methoxy groups -OCH3 is 2. The molecule has 0 fully saturated rings. The van der Waals surface area contributed by atoms with Crippen molar-refractivity contribution >= 4 is 17.0 Å². The number of anilines is 1. The SMILES string of the molecule is COc1ccc(-c2c(N)csc2C)cc1OC. The second-order valence-electron chi connectivity index (χ2n) is 3.69. The zero-order valence-corrected chi connectivity index (χ0v) is 10.9. The lowest BCUT2D eigenvalue weighted by Gasteiger charge is -2.10. The zero-order chi connectivity index (χ0) is 12.4. The minimum atomic E-state index is 0.718. The summed E-state index contributed by atoms with van der Waals surface area (Å²) in [6, 6.07) is 5.84. The minimum Gasteiger partial charge on any atom is -0.493 e. The van der Waals surface area contributed by atoms with Crippen LogP contribution in [-0.4, -0.2) is 14.2 Å². The van der Waals surface area contributed by atoms with Crippen molar-refractivity contribution < 1.29 is 9.47 Å². The van der Waals surface area contributed by atoms with Gasteiger partial charge in [0.15, 0.2) is 11.5 Å². The summed E-state index contributed by atoms with van der Waals surface area (Å²) in [6.45, 7) is 2.06. The molecule has 4 heteroatoms. The standard InChI is InChI=1S/C13H15NO2S/c1-8-13(10(14)7-17-8)9-4-5-11(15-2)12(6-9)16-3/h4-7H,14H2,1-3H3. The van der Waals surface area contributed by atoms with Crippen molar-refractivity contribution in [2.45, 2.75) is 6.92 Å². The van der Waals surface area contributed by atoms with Gasteiger partial charge in [-0.25, -0.2) is 0 Å². The van der Waals surface area contributed by atoms with Gasteiger partial charge in [-0.15, -0.1) is 11.3 Å². The van der Waals surface area contributed by atoms with Crippen LogP contribution in [0, 0.1) is 6.92 Å². The summed E-state index contributed by atoms with van der Waals surface area (Å²) >= 11 is 1.65. The molecule has 0 aliphatic heterocycles. The van der Waals surface area contributed by atoms with E-state index < -0.39 is 0 Å². The summed E-state index contributed by atoms with van der Waals surface area (Å²) in [5.41, 5.74) is 8.91. The molecule has 0 spiro atoms. The molecule has 2 rings (SSSR count). The van der Waals surface area contributed by atoms with Crippen LogP contribution in [0.1, 0.15) is 4.88 Å². The van der Waals surface area contributed by atoms with Crippen molar-refractivity contribution in [2.75, 3.05) is 20.0 Å². The van der Waals surface area contributed by atoms with E-state index in [1.54, 1.807) is 25.6 Å². The van der Waals surface area contributed by atoms with Gasteiger partial charge < -0.3 is 15.2 Å². The lowest BCUT2D eigenvalue weighted by Crippen LogP contribution is -1.92. The Balaban J connectivity index is 2.54. The van der Waals surface area contributed by atoms with Crippen LogP contribution in [-0.2, 0) is 0 Å². The number of nitrogen functional groups attached to an aromatic ring is 1. The molecular formula is C13H15NO2S. The van der Waals surface area contributed by atoms with Gasteiger partial charge in [0.05, 0.1) is 19.9 Å². The number of ether oxygens (including phenoxy) is 2. The van der Waals surface area contributed by atoms with Crippen LogP contribution in [0.25, 0.3) is 11.1 Å². The molecule has 0 bridgehead atoms. The summed E-state index contributed by atoms with van der Waals surface area (Å²) in [7, 11) is 3.26. The summed E-state index contributed by atoms with van der Waals surface area (Å²) < 4.78 is 10.5. The Morgan fingerprint density at radius 2 is 1.82 bits per heavy atom. The molecule has 90 valence electrons. The third-order valence-electron chi connectivity index (χ3n) is 2.68. The van der Waals surface area contributed by atoms with E-state index in [0.29, 0.717) is 0 Å². The van der Waals surface area contributed by atoms with E-state index in [0.717, 1.165) is 28.3 Å². The molecule has 2 aromatic rings. The van der Waals surface area contributed by atoms with E-state index in [2.05, 4.69) is 6.92 Å². The Bertz CT molecular complexity index is 515. The Morgan fingerprint density at radius 3 is 2.35 bits per heavy atom. The molecule has 1 aromatic heterocycles. The molecule has 0 aliphatic rings. The number of aryl methyl sites for hydroxylation is 1. The van der Waals surface area contributed by atoms with Gasteiger partial charge in [-0.05, 0) is 24.6 Å². The van der Waals surface area contributed by atoms with E-state index >= 15 is 0 Å². The molecule has 0 unspecified atom stereocenters. The third-order valence-corrected chi connectivity index (χ3v) is 3.61. The summed E-state index contributed by atoms with van der Waals surface area (Å²) in [6.07, 6.45) is 0. The second kappa shape index (κ2) is 4.67. The monoisotopic (exact) mass is 249 g/mol. The highest BCUT2D eigenvalue weighted by Crippen LogP contribution is 2.38. The average Bonchev–Trinajstić information content (AvgIpc) is 2.68. The molecule has 17 heavy (non-hydrogen) atoms. The Hall–Kier alpha value is -1.68. The van der Waals surface area contributed by atoms with Gasteiger partial charge in [-0.2, -0.15) is 0 Å². The van der Waals surface area contributed by atoms with Crippen LogP contribution in [0.4, 0.5) is 5.69 Å². The van der Waals surface area contributed by atoms with Crippen LogP contribution < -0.4 is 15.2 Å². The van der Waals surface area contributed by atoms with Gasteiger partial charge in [0, 0.05) is 15.8 Å². The first-order valence-electron chi connectivity index (χ1n) is 5.23. The predicted molar refractivity (Wildman–Crippen MR) is 72.0 cm³/mol. The van der Waals surface area contributed by atoms with Crippen LogP contribution in [0.5, 0.6) is 11.5 Å². The number of hydrogen-bond donors (Lipinski definition) is 1. The lowest BCUT2D eigenvalue weighted by atomic mass is 10.0. The average molecular weight is 249 g/mol. The van der Waals surface area contributed by atoms with Crippen LogP contribution in [0.15, 0.2) is 23.6 Å². The quantitative estimate of drug-likeness (QED) is 0.907. The Kier molecular flexibility index (Phi) is 3.24. The fourth-order valence-corrected chi connectivity index (χ4v) is 2.61. The smallest absolute Gasteiger partial charge is 0.161 e. The number of benzene rings is 1. The fourth-order valence-electron chi connectivity index (χ4n) is 1.83. The van der Waals surface area contributed by atoms with Gasteiger partial charge in [0.25, 0.3) is 0 Å². The molecule has 2 N–H and O–H groups in total. The normalized spacial score (nSPS) is 10.3. The van der Waals surface area contributed by atoms with Crippen LogP contribution in [0.3, 0.4) is 0 Å². The van der Waals surface area contributed by atoms with E-state index in [-0.39, 0.29) is 0 Å². The molecule has 0 aliphatic carbocycles. The van der Waals surface area contributed by atoms with Crippen molar-refractivity contribution in [3.8, 4) is 22.6 Å². The van der Waals surface area contributed by atoms with Gasteiger partial charge in [-0.1, -0.05) is 6.07 Å². The van der Waals surface area contributed by atoms with E-state index in [4.69, 9.17) is 15.2 Å². The van der Waals surface area contributed by atoms with E-state index in [1.165, 1.54) is 4.88 Å². The highest BCUT2D eigenvalue weighted by molar-refractivity contribution is 7.11. The topological polar surface area (TPSA) is 44.5 Å².